The van der Waals surface area contributed by atoms with Crippen LogP contribution >= 0.6 is 0 Å². The Balaban J connectivity index is 2.14. The molecule has 1 aromatic rings. The number of carbonyl (C=O) groups excluding carboxylic acids is 1. The van der Waals surface area contributed by atoms with Crippen LogP contribution in [0.4, 0.5) is 5.69 Å². The van der Waals surface area contributed by atoms with Gasteiger partial charge in [0.05, 0.1) is 5.75 Å². The Morgan fingerprint density at radius 2 is 1.91 bits per heavy atom. The number of para-hydroxylation sites is 1. The van der Waals surface area contributed by atoms with Crippen molar-refractivity contribution in [3.05, 3.63) is 29.8 Å². The minimum Gasteiger partial charge on any atom is -0.326 e. The van der Waals surface area contributed by atoms with Crippen LogP contribution in [0.15, 0.2) is 24.3 Å². The first-order chi connectivity index (χ1) is 10.6. The molecule has 1 saturated carbocycles. The van der Waals surface area contributed by atoms with Gasteiger partial charge in [-0.15, -0.1) is 0 Å². The van der Waals surface area contributed by atoms with Crippen LogP contribution in [0, 0.1) is 17.3 Å². The van der Waals surface area contributed by atoms with E-state index in [4.69, 9.17) is 0 Å². The lowest BCUT2D eigenvalue weighted by atomic mass is 9.68. The van der Waals surface area contributed by atoms with Crippen molar-refractivity contribution >= 4 is 21.4 Å². The molecule has 23 heavy (non-hydrogen) atoms. The van der Waals surface area contributed by atoms with Gasteiger partial charge in [0.2, 0.25) is 5.91 Å². The maximum absolute atomic E-state index is 12.7. The van der Waals surface area contributed by atoms with Crippen molar-refractivity contribution in [1.29, 1.82) is 0 Å². The minimum absolute atomic E-state index is 0.00516. The summed E-state index contributed by atoms with van der Waals surface area (Å²) in [6, 6.07) is 7.14. The summed E-state index contributed by atoms with van der Waals surface area (Å²) in [4.78, 5) is 12.7. The van der Waals surface area contributed by atoms with Gasteiger partial charge < -0.3 is 5.32 Å². The second kappa shape index (κ2) is 6.63. The SMILES string of the molecule is C[C@@H]1C[C@H](C(=O)Nc2ccccc2CS(C)(=O)=O)CC(C)(C)C1. The first kappa shape index (κ1) is 18.0. The first-order valence-corrected chi connectivity index (χ1v) is 10.2. The first-order valence-electron chi connectivity index (χ1n) is 8.12. The topological polar surface area (TPSA) is 63.2 Å². The molecule has 4 nitrogen and oxygen atoms in total. The fourth-order valence-corrected chi connectivity index (χ4v) is 4.65. The number of hydrogen-bond acceptors (Lipinski definition) is 3. The Labute approximate surface area is 139 Å². The molecule has 2 rings (SSSR count). The number of anilines is 1. The van der Waals surface area contributed by atoms with E-state index >= 15 is 0 Å². The van der Waals surface area contributed by atoms with Crippen LogP contribution in [0.5, 0.6) is 0 Å². The number of hydrogen-bond donors (Lipinski definition) is 1. The number of rotatable bonds is 4. The summed E-state index contributed by atoms with van der Waals surface area (Å²) >= 11 is 0. The lowest BCUT2D eigenvalue weighted by Gasteiger charge is -2.38. The highest BCUT2D eigenvalue weighted by atomic mass is 32.2. The van der Waals surface area contributed by atoms with Crippen LogP contribution in [0.3, 0.4) is 0 Å². The molecule has 1 amide bonds. The molecule has 128 valence electrons. The number of amides is 1. The predicted octanol–water partition coefficient (Wildman–Crippen LogP) is 3.63. The number of nitrogens with one attached hydrogen (secondary N) is 1. The smallest absolute Gasteiger partial charge is 0.227 e. The molecule has 1 aromatic carbocycles. The number of carbonyl (C=O) groups is 1. The zero-order valence-electron chi connectivity index (χ0n) is 14.4. The summed E-state index contributed by atoms with van der Waals surface area (Å²) in [6.45, 7) is 6.61. The van der Waals surface area contributed by atoms with Crippen LogP contribution in [0.25, 0.3) is 0 Å². The van der Waals surface area contributed by atoms with E-state index in [1.54, 1.807) is 18.2 Å². The van der Waals surface area contributed by atoms with E-state index in [1.807, 2.05) is 6.07 Å². The third-order valence-electron chi connectivity index (χ3n) is 4.45. The van der Waals surface area contributed by atoms with Gasteiger partial charge in [-0.05, 0) is 42.2 Å². The van der Waals surface area contributed by atoms with Gasteiger partial charge in [-0.2, -0.15) is 0 Å². The molecular formula is C18H27NO3S. The fraction of sp³-hybridized carbons (Fsp3) is 0.611. The third kappa shape index (κ3) is 5.34. The van der Waals surface area contributed by atoms with Gasteiger partial charge in [0.25, 0.3) is 0 Å². The van der Waals surface area contributed by atoms with Crippen molar-refractivity contribution in [2.75, 3.05) is 11.6 Å². The molecule has 0 unspecified atom stereocenters. The summed E-state index contributed by atoms with van der Waals surface area (Å²) in [5.74, 6) is 0.460. The maximum atomic E-state index is 12.7. The van der Waals surface area contributed by atoms with E-state index in [0.29, 0.717) is 17.2 Å². The molecular weight excluding hydrogens is 310 g/mol. The van der Waals surface area contributed by atoms with E-state index in [0.717, 1.165) is 19.3 Å². The molecule has 0 saturated heterocycles. The molecule has 0 aliphatic heterocycles. The molecule has 1 fully saturated rings. The monoisotopic (exact) mass is 337 g/mol. The Morgan fingerprint density at radius 3 is 2.52 bits per heavy atom. The molecule has 0 aromatic heterocycles. The van der Waals surface area contributed by atoms with E-state index in [2.05, 4.69) is 26.1 Å². The average Bonchev–Trinajstić information content (AvgIpc) is 2.37. The Hall–Kier alpha value is -1.36. The lowest BCUT2D eigenvalue weighted by molar-refractivity contribution is -0.122. The molecule has 0 bridgehead atoms. The molecule has 0 heterocycles. The van der Waals surface area contributed by atoms with Gasteiger partial charge in [-0.3, -0.25) is 4.79 Å². The van der Waals surface area contributed by atoms with Crippen LogP contribution in [0.2, 0.25) is 0 Å². The highest BCUT2D eigenvalue weighted by Gasteiger charge is 2.35. The molecule has 1 N–H and O–H groups in total. The third-order valence-corrected chi connectivity index (χ3v) is 5.29. The zero-order chi connectivity index (χ0) is 17.3. The summed E-state index contributed by atoms with van der Waals surface area (Å²) in [6.07, 6.45) is 4.11. The van der Waals surface area contributed by atoms with Gasteiger partial charge in [0.1, 0.15) is 0 Å². The normalized spacial score (nSPS) is 24.2. The van der Waals surface area contributed by atoms with Crippen molar-refractivity contribution in [3.63, 3.8) is 0 Å². The molecule has 5 heteroatoms. The number of sulfone groups is 1. The highest BCUT2D eigenvalue weighted by Crippen LogP contribution is 2.42. The quantitative estimate of drug-likeness (QED) is 0.912. The van der Waals surface area contributed by atoms with E-state index in [-0.39, 0.29) is 23.0 Å². The largest absolute Gasteiger partial charge is 0.326 e. The lowest BCUT2D eigenvalue weighted by Crippen LogP contribution is -2.35. The van der Waals surface area contributed by atoms with Crippen LogP contribution in [0.1, 0.15) is 45.6 Å². The second-order valence-electron chi connectivity index (χ2n) is 7.83. The Bertz CT molecular complexity index is 679. The second-order valence-corrected chi connectivity index (χ2v) is 9.97. The average molecular weight is 337 g/mol. The van der Waals surface area contributed by atoms with Gasteiger partial charge in [0.15, 0.2) is 9.84 Å². The van der Waals surface area contributed by atoms with Gasteiger partial charge in [-0.25, -0.2) is 8.42 Å². The van der Waals surface area contributed by atoms with Crippen LogP contribution in [-0.4, -0.2) is 20.6 Å². The predicted molar refractivity (Wildman–Crippen MR) is 93.9 cm³/mol. The molecule has 2 atom stereocenters. The van der Waals surface area contributed by atoms with Gasteiger partial charge in [-0.1, -0.05) is 39.0 Å². The molecule has 1 aliphatic rings. The minimum atomic E-state index is -3.14. The summed E-state index contributed by atoms with van der Waals surface area (Å²) in [5, 5.41) is 2.96. The van der Waals surface area contributed by atoms with Crippen molar-refractivity contribution in [3.8, 4) is 0 Å². The van der Waals surface area contributed by atoms with E-state index < -0.39 is 9.84 Å². The van der Waals surface area contributed by atoms with Gasteiger partial charge >= 0.3 is 0 Å². The van der Waals surface area contributed by atoms with Crippen molar-refractivity contribution < 1.29 is 13.2 Å². The maximum Gasteiger partial charge on any atom is 0.227 e. The number of benzene rings is 1. The molecule has 0 spiro atoms. The zero-order valence-corrected chi connectivity index (χ0v) is 15.2. The molecule has 1 aliphatic carbocycles. The van der Waals surface area contributed by atoms with Crippen LogP contribution < -0.4 is 5.32 Å². The standard InChI is InChI=1S/C18H27NO3S/c1-13-9-15(11-18(2,3)10-13)17(20)19-16-8-6-5-7-14(16)12-23(4,21)22/h5-8,13,15H,9-12H2,1-4H3,(H,19,20)/t13-,15+/m1/s1. The Kier molecular flexibility index (Phi) is 5.19. The highest BCUT2D eigenvalue weighted by molar-refractivity contribution is 7.89. The van der Waals surface area contributed by atoms with E-state index in [1.165, 1.54) is 6.26 Å². The summed E-state index contributed by atoms with van der Waals surface area (Å²) in [5.41, 5.74) is 1.43. The summed E-state index contributed by atoms with van der Waals surface area (Å²) in [7, 11) is -3.14. The van der Waals surface area contributed by atoms with Gasteiger partial charge in [0, 0.05) is 17.9 Å². The van der Waals surface area contributed by atoms with E-state index in [9.17, 15) is 13.2 Å². The summed E-state index contributed by atoms with van der Waals surface area (Å²) < 4.78 is 23.1. The van der Waals surface area contributed by atoms with Crippen molar-refractivity contribution in [2.24, 2.45) is 17.3 Å². The fourth-order valence-electron chi connectivity index (χ4n) is 3.83. The molecule has 0 radical (unpaired) electrons. The Morgan fingerprint density at radius 1 is 1.26 bits per heavy atom. The van der Waals surface area contributed by atoms with Crippen LogP contribution in [-0.2, 0) is 20.4 Å². The van der Waals surface area contributed by atoms with Crippen molar-refractivity contribution in [1.82, 2.24) is 0 Å². The van der Waals surface area contributed by atoms with Crippen molar-refractivity contribution in [2.45, 2.75) is 45.8 Å².